The molecule has 1 atom stereocenters. The zero-order chi connectivity index (χ0) is 11.4. The van der Waals surface area contributed by atoms with Crippen molar-refractivity contribution in [1.29, 1.82) is 0 Å². The van der Waals surface area contributed by atoms with Crippen molar-refractivity contribution in [2.45, 2.75) is 32.6 Å². The van der Waals surface area contributed by atoms with Gasteiger partial charge in [0, 0.05) is 18.7 Å². The smallest absolute Gasteiger partial charge is 0.207 e. The predicted octanol–water partition coefficient (Wildman–Crippen LogP) is 2.45. The maximum atomic E-state index is 5.75. The summed E-state index contributed by atoms with van der Waals surface area (Å²) in [6, 6.07) is 8.38. The minimum absolute atomic E-state index is 0.769. The molecule has 1 aromatic carbocycles. The van der Waals surface area contributed by atoms with Crippen molar-refractivity contribution in [1.82, 2.24) is 4.81 Å². The topological polar surface area (TPSA) is 12.5 Å². The Bertz CT molecular complexity index is 342. The summed E-state index contributed by atoms with van der Waals surface area (Å²) in [5.74, 6) is 1.83. The molecular formula is C13H20BNO. The van der Waals surface area contributed by atoms with Gasteiger partial charge in [0.1, 0.15) is 5.75 Å². The van der Waals surface area contributed by atoms with Crippen molar-refractivity contribution in [2.75, 3.05) is 13.2 Å². The van der Waals surface area contributed by atoms with Gasteiger partial charge in [-0.3, -0.25) is 0 Å². The number of hydrogen-bond acceptors (Lipinski definition) is 2. The Morgan fingerprint density at radius 2 is 2.25 bits per heavy atom. The van der Waals surface area contributed by atoms with Crippen LogP contribution in [0.4, 0.5) is 0 Å². The lowest BCUT2D eigenvalue weighted by atomic mass is 9.73. The van der Waals surface area contributed by atoms with Gasteiger partial charge in [-0.15, -0.1) is 0 Å². The van der Waals surface area contributed by atoms with Gasteiger partial charge < -0.3 is 9.55 Å². The fourth-order valence-corrected chi connectivity index (χ4v) is 2.11. The highest BCUT2D eigenvalue weighted by Crippen LogP contribution is 2.23. The molecule has 1 aliphatic rings. The first kappa shape index (κ1) is 11.5. The van der Waals surface area contributed by atoms with Gasteiger partial charge >= 0.3 is 0 Å². The maximum absolute atomic E-state index is 5.75. The van der Waals surface area contributed by atoms with Gasteiger partial charge in [0.05, 0.1) is 6.61 Å². The first-order valence-corrected chi connectivity index (χ1v) is 6.22. The summed E-state index contributed by atoms with van der Waals surface area (Å²) in [4.78, 5) is 2.50. The number of benzene rings is 1. The Labute approximate surface area is 98.9 Å². The molecule has 0 radical (unpaired) electrons. The van der Waals surface area contributed by atoms with Crippen molar-refractivity contribution < 1.29 is 4.74 Å². The Hall–Kier alpha value is -0.955. The van der Waals surface area contributed by atoms with Crippen LogP contribution in [0.3, 0.4) is 0 Å². The van der Waals surface area contributed by atoms with E-state index < -0.39 is 0 Å². The number of nitrogens with zero attached hydrogens (tertiary/aromatic N) is 1. The van der Waals surface area contributed by atoms with E-state index in [-0.39, 0.29) is 0 Å². The van der Waals surface area contributed by atoms with Gasteiger partial charge in [-0.1, -0.05) is 44.3 Å². The van der Waals surface area contributed by atoms with Crippen LogP contribution < -0.4 is 4.74 Å². The van der Waals surface area contributed by atoms with Crippen LogP contribution in [-0.2, 0) is 6.54 Å². The second-order valence-electron chi connectivity index (χ2n) is 4.70. The van der Waals surface area contributed by atoms with E-state index in [9.17, 15) is 0 Å². The zero-order valence-corrected chi connectivity index (χ0v) is 10.3. The van der Waals surface area contributed by atoms with Crippen LogP contribution in [0.15, 0.2) is 24.3 Å². The molecule has 0 amide bonds. The van der Waals surface area contributed by atoms with E-state index in [1.54, 1.807) is 0 Å². The molecule has 2 nitrogen and oxygen atoms in total. The van der Waals surface area contributed by atoms with Crippen LogP contribution in [-0.4, -0.2) is 25.4 Å². The Kier molecular flexibility index (Phi) is 3.89. The highest BCUT2D eigenvalue weighted by atomic mass is 16.5. The molecule has 0 N–H and O–H groups in total. The van der Waals surface area contributed by atoms with Crippen molar-refractivity contribution in [2.24, 2.45) is 0 Å². The molecule has 0 bridgehead atoms. The van der Waals surface area contributed by atoms with Crippen LogP contribution in [0.1, 0.15) is 25.8 Å². The lowest BCUT2D eigenvalue weighted by molar-refractivity contribution is 0.294. The summed E-state index contributed by atoms with van der Waals surface area (Å²) in [6.07, 6.45) is 1.25. The minimum atomic E-state index is 0.769. The predicted molar refractivity (Wildman–Crippen MR) is 69.2 cm³/mol. The third-order valence-electron chi connectivity index (χ3n) is 3.30. The quantitative estimate of drug-likeness (QED) is 0.721. The van der Waals surface area contributed by atoms with E-state index in [1.807, 2.05) is 6.07 Å². The molecule has 2 rings (SSSR count). The molecular weight excluding hydrogens is 197 g/mol. The van der Waals surface area contributed by atoms with Crippen LogP contribution in [0.2, 0.25) is 5.82 Å². The largest absolute Gasteiger partial charge is 0.492 e. The molecule has 1 aromatic rings. The van der Waals surface area contributed by atoms with E-state index in [0.717, 1.165) is 31.3 Å². The van der Waals surface area contributed by atoms with Gasteiger partial charge in [-0.25, -0.2) is 0 Å². The van der Waals surface area contributed by atoms with Gasteiger partial charge in [0.15, 0.2) is 0 Å². The normalized spacial score (nSPS) is 18.1. The minimum Gasteiger partial charge on any atom is -0.492 e. The fourth-order valence-electron chi connectivity index (χ4n) is 2.11. The molecule has 0 spiro atoms. The summed E-state index contributed by atoms with van der Waals surface area (Å²) >= 11 is 0. The first-order valence-electron chi connectivity index (χ1n) is 6.22. The number of hydrogen-bond donors (Lipinski definition) is 0. The Morgan fingerprint density at radius 1 is 1.44 bits per heavy atom. The molecule has 0 aliphatic carbocycles. The average Bonchev–Trinajstić information content (AvgIpc) is 2.50. The monoisotopic (exact) mass is 217 g/mol. The molecule has 0 aromatic heterocycles. The van der Waals surface area contributed by atoms with E-state index in [0.29, 0.717) is 0 Å². The number of fused-ring (bicyclic) bond motifs is 1. The van der Waals surface area contributed by atoms with Crippen molar-refractivity contribution >= 4 is 7.41 Å². The van der Waals surface area contributed by atoms with Crippen LogP contribution in [0, 0.1) is 0 Å². The molecule has 16 heavy (non-hydrogen) atoms. The maximum Gasteiger partial charge on any atom is 0.207 e. The third kappa shape index (κ3) is 2.79. The Morgan fingerprint density at radius 3 is 3.06 bits per heavy atom. The third-order valence-corrected chi connectivity index (χ3v) is 3.30. The summed E-state index contributed by atoms with van der Waals surface area (Å²) in [5.41, 5.74) is 1.32. The molecule has 0 saturated heterocycles. The molecule has 1 heterocycles. The Balaban J connectivity index is 2.05. The highest BCUT2D eigenvalue weighted by molar-refractivity contribution is 6.33. The van der Waals surface area contributed by atoms with E-state index in [4.69, 9.17) is 4.74 Å². The lowest BCUT2D eigenvalue weighted by Gasteiger charge is -2.21. The van der Waals surface area contributed by atoms with E-state index in [2.05, 4.69) is 36.9 Å². The number of para-hydroxylation sites is 1. The second kappa shape index (κ2) is 5.40. The van der Waals surface area contributed by atoms with Crippen molar-refractivity contribution in [3.8, 4) is 5.75 Å². The molecule has 0 fully saturated rings. The first-order chi connectivity index (χ1) is 7.79. The van der Waals surface area contributed by atoms with Gasteiger partial charge in [-0.2, -0.15) is 0 Å². The highest BCUT2D eigenvalue weighted by Gasteiger charge is 2.17. The van der Waals surface area contributed by atoms with Crippen LogP contribution in [0.5, 0.6) is 5.75 Å². The molecule has 86 valence electrons. The van der Waals surface area contributed by atoms with Crippen molar-refractivity contribution in [3.05, 3.63) is 29.8 Å². The second-order valence-corrected chi connectivity index (χ2v) is 4.70. The van der Waals surface area contributed by atoms with Crippen LogP contribution >= 0.6 is 0 Å². The molecule has 0 saturated carbocycles. The van der Waals surface area contributed by atoms with E-state index in [1.165, 1.54) is 19.4 Å². The number of rotatable bonds is 3. The standard InChI is InChI=1S/C13H20BNO/c1-3-11(2)14-15-8-9-16-13-7-5-4-6-12(13)10-15/h4-7,11,14H,3,8-10H2,1-2H3. The van der Waals surface area contributed by atoms with Crippen LogP contribution in [0.25, 0.3) is 0 Å². The summed E-state index contributed by atoms with van der Waals surface area (Å²) < 4.78 is 5.75. The number of ether oxygens (including phenoxy) is 1. The molecule has 1 aliphatic heterocycles. The molecule has 3 heteroatoms. The van der Waals surface area contributed by atoms with Crippen molar-refractivity contribution in [3.63, 3.8) is 0 Å². The van der Waals surface area contributed by atoms with Gasteiger partial charge in [-0.05, 0) is 6.07 Å². The molecule has 1 unspecified atom stereocenters. The van der Waals surface area contributed by atoms with Gasteiger partial charge in [0.2, 0.25) is 7.41 Å². The summed E-state index contributed by atoms with van der Waals surface area (Å²) in [5, 5.41) is 0. The zero-order valence-electron chi connectivity index (χ0n) is 10.3. The lowest BCUT2D eigenvalue weighted by Crippen LogP contribution is -2.31. The van der Waals surface area contributed by atoms with E-state index >= 15 is 0 Å². The average molecular weight is 217 g/mol. The SMILES string of the molecule is CCC(C)BN1CCOc2ccccc2C1. The summed E-state index contributed by atoms with van der Waals surface area (Å²) in [7, 11) is 1.17. The summed E-state index contributed by atoms with van der Waals surface area (Å²) in [6.45, 7) is 7.46. The van der Waals surface area contributed by atoms with Gasteiger partial charge in [0.25, 0.3) is 0 Å². The fraction of sp³-hybridized carbons (Fsp3) is 0.538.